The third kappa shape index (κ3) is 4.44. The molecule has 1 atom stereocenters. The van der Waals surface area contributed by atoms with E-state index in [0.29, 0.717) is 30.9 Å². The Hall–Kier alpha value is -3.43. The minimum absolute atomic E-state index is 0.188. The van der Waals surface area contributed by atoms with E-state index in [9.17, 15) is 9.90 Å². The van der Waals surface area contributed by atoms with Crippen LogP contribution in [0.3, 0.4) is 0 Å². The number of carbonyl (C=O) groups excluding carboxylic acids is 1. The zero-order valence-corrected chi connectivity index (χ0v) is 18.7. The van der Waals surface area contributed by atoms with Gasteiger partial charge in [-0.1, -0.05) is 12.1 Å². The molecule has 0 bridgehead atoms. The standard InChI is InChI=1S/C23H28N6O3/c1-14-15(2)26-21-19(14)20(24-13-25-21)16-8-10-29(11-9-16)22(30)27-17-6-5-7-18(12-17)32-23(31)28(3)4/h5-8,12-13,23,31H,9-11H2,1-4H3,(H,27,30)(H,24,25,26). The van der Waals surface area contributed by atoms with E-state index < -0.39 is 6.41 Å². The molecular weight excluding hydrogens is 408 g/mol. The summed E-state index contributed by atoms with van der Waals surface area (Å²) < 4.78 is 5.45. The van der Waals surface area contributed by atoms with Crippen molar-refractivity contribution in [3.05, 3.63) is 53.6 Å². The Kier molecular flexibility index (Phi) is 6.11. The second kappa shape index (κ2) is 8.97. The minimum atomic E-state index is -1.06. The molecule has 1 aliphatic heterocycles. The number of carbonyl (C=O) groups is 1. The summed E-state index contributed by atoms with van der Waals surface area (Å²) in [7, 11) is 3.42. The van der Waals surface area contributed by atoms with E-state index in [4.69, 9.17) is 4.74 Å². The lowest BCUT2D eigenvalue weighted by Crippen LogP contribution is -2.38. The summed E-state index contributed by atoms with van der Waals surface area (Å²) in [5.74, 6) is 0.467. The molecule has 1 unspecified atom stereocenters. The number of aromatic nitrogens is 3. The molecule has 0 aliphatic carbocycles. The Bertz CT molecular complexity index is 1170. The van der Waals surface area contributed by atoms with E-state index in [-0.39, 0.29) is 6.03 Å². The second-order valence-corrected chi connectivity index (χ2v) is 8.11. The molecule has 168 valence electrons. The van der Waals surface area contributed by atoms with Crippen molar-refractivity contribution >= 4 is 28.3 Å². The van der Waals surface area contributed by atoms with Gasteiger partial charge >= 0.3 is 6.03 Å². The largest absolute Gasteiger partial charge is 0.451 e. The fourth-order valence-electron chi connectivity index (χ4n) is 3.68. The third-order valence-corrected chi connectivity index (χ3v) is 5.66. The maximum atomic E-state index is 12.8. The molecule has 0 fully saturated rings. The molecule has 2 aromatic heterocycles. The number of urea groups is 1. The van der Waals surface area contributed by atoms with Crippen LogP contribution in [0, 0.1) is 13.8 Å². The summed E-state index contributed by atoms with van der Waals surface area (Å²) >= 11 is 0. The second-order valence-electron chi connectivity index (χ2n) is 8.11. The number of benzene rings is 1. The number of amides is 2. The van der Waals surface area contributed by atoms with Crippen LogP contribution in [0.2, 0.25) is 0 Å². The number of anilines is 1. The quantitative estimate of drug-likeness (QED) is 0.531. The molecule has 3 aromatic rings. The lowest BCUT2D eigenvalue weighted by molar-refractivity contribution is -0.114. The van der Waals surface area contributed by atoms with Crippen LogP contribution in [-0.4, -0.2) is 69.5 Å². The van der Waals surface area contributed by atoms with Crippen LogP contribution in [0.4, 0.5) is 10.5 Å². The van der Waals surface area contributed by atoms with Crippen LogP contribution >= 0.6 is 0 Å². The van der Waals surface area contributed by atoms with Gasteiger partial charge in [-0.05, 0) is 57.6 Å². The third-order valence-electron chi connectivity index (χ3n) is 5.66. The number of H-pyrrole nitrogens is 1. The number of nitrogens with zero attached hydrogens (tertiary/aromatic N) is 4. The number of fused-ring (bicyclic) bond motifs is 1. The Balaban J connectivity index is 1.44. The number of nitrogens with one attached hydrogen (secondary N) is 2. The molecular formula is C23H28N6O3. The van der Waals surface area contributed by atoms with Gasteiger partial charge in [0.25, 0.3) is 6.41 Å². The predicted molar refractivity (Wildman–Crippen MR) is 123 cm³/mol. The molecule has 0 saturated heterocycles. The molecule has 32 heavy (non-hydrogen) atoms. The van der Waals surface area contributed by atoms with Crippen molar-refractivity contribution in [3.8, 4) is 5.75 Å². The van der Waals surface area contributed by atoms with Crippen molar-refractivity contribution in [2.75, 3.05) is 32.5 Å². The van der Waals surface area contributed by atoms with Gasteiger partial charge < -0.3 is 25.0 Å². The Morgan fingerprint density at radius 3 is 2.84 bits per heavy atom. The van der Waals surface area contributed by atoms with Gasteiger partial charge in [0.15, 0.2) is 0 Å². The first-order valence-electron chi connectivity index (χ1n) is 10.5. The van der Waals surface area contributed by atoms with Crippen LogP contribution in [0.5, 0.6) is 5.75 Å². The van der Waals surface area contributed by atoms with Crippen LogP contribution in [-0.2, 0) is 0 Å². The first-order chi connectivity index (χ1) is 15.3. The van der Waals surface area contributed by atoms with Crippen molar-refractivity contribution in [2.24, 2.45) is 0 Å². The highest BCUT2D eigenvalue weighted by atomic mass is 16.6. The van der Waals surface area contributed by atoms with Gasteiger partial charge in [0, 0.05) is 35.9 Å². The average molecular weight is 437 g/mol. The van der Waals surface area contributed by atoms with E-state index in [1.165, 1.54) is 4.90 Å². The first-order valence-corrected chi connectivity index (χ1v) is 10.5. The van der Waals surface area contributed by atoms with E-state index >= 15 is 0 Å². The molecule has 4 rings (SSSR count). The number of hydrogen-bond acceptors (Lipinski definition) is 6. The normalized spacial score (nSPS) is 15.1. The molecule has 9 nitrogen and oxygen atoms in total. The van der Waals surface area contributed by atoms with Gasteiger partial charge in [0.1, 0.15) is 17.7 Å². The van der Waals surface area contributed by atoms with Gasteiger partial charge in [-0.15, -0.1) is 0 Å². The van der Waals surface area contributed by atoms with Gasteiger partial charge in [0.2, 0.25) is 0 Å². The van der Waals surface area contributed by atoms with E-state index in [1.54, 1.807) is 49.6 Å². The monoisotopic (exact) mass is 436 g/mol. The highest BCUT2D eigenvalue weighted by Gasteiger charge is 2.21. The van der Waals surface area contributed by atoms with Crippen LogP contribution in [0.25, 0.3) is 16.6 Å². The summed E-state index contributed by atoms with van der Waals surface area (Å²) in [5, 5.41) is 13.8. The van der Waals surface area contributed by atoms with Gasteiger partial charge in [-0.2, -0.15) is 0 Å². The maximum absolute atomic E-state index is 12.8. The fourth-order valence-corrected chi connectivity index (χ4v) is 3.68. The molecule has 1 aliphatic rings. The van der Waals surface area contributed by atoms with Crippen molar-refractivity contribution in [1.82, 2.24) is 24.8 Å². The Morgan fingerprint density at radius 1 is 1.31 bits per heavy atom. The van der Waals surface area contributed by atoms with E-state index in [0.717, 1.165) is 33.6 Å². The lowest BCUT2D eigenvalue weighted by Gasteiger charge is -2.27. The molecule has 1 aromatic carbocycles. The molecule has 0 saturated carbocycles. The summed E-state index contributed by atoms with van der Waals surface area (Å²) in [6.45, 7) is 5.18. The average Bonchev–Trinajstić information content (AvgIpc) is 3.07. The molecule has 0 radical (unpaired) electrons. The molecule has 3 N–H and O–H groups in total. The molecule has 0 spiro atoms. The van der Waals surface area contributed by atoms with Gasteiger partial charge in [-0.25, -0.2) is 14.8 Å². The highest BCUT2D eigenvalue weighted by molar-refractivity contribution is 5.93. The van der Waals surface area contributed by atoms with E-state index in [1.807, 2.05) is 6.92 Å². The smallest absolute Gasteiger partial charge is 0.322 e. The van der Waals surface area contributed by atoms with Crippen molar-refractivity contribution in [1.29, 1.82) is 0 Å². The first kappa shape index (κ1) is 21.8. The van der Waals surface area contributed by atoms with Crippen LogP contribution in [0.1, 0.15) is 23.4 Å². The lowest BCUT2D eigenvalue weighted by atomic mass is 10.0. The number of ether oxygens (including phenoxy) is 1. The number of aliphatic hydroxyl groups is 1. The maximum Gasteiger partial charge on any atom is 0.322 e. The van der Waals surface area contributed by atoms with Crippen LogP contribution in [0.15, 0.2) is 36.7 Å². The topological polar surface area (TPSA) is 107 Å². The van der Waals surface area contributed by atoms with Crippen LogP contribution < -0.4 is 10.1 Å². The van der Waals surface area contributed by atoms with Gasteiger partial charge in [-0.3, -0.25) is 4.90 Å². The zero-order valence-electron chi connectivity index (χ0n) is 18.7. The van der Waals surface area contributed by atoms with Crippen molar-refractivity contribution in [3.63, 3.8) is 0 Å². The minimum Gasteiger partial charge on any atom is -0.451 e. The van der Waals surface area contributed by atoms with E-state index in [2.05, 4.69) is 33.3 Å². The molecule has 2 amide bonds. The summed E-state index contributed by atoms with van der Waals surface area (Å²) in [4.78, 5) is 28.2. The molecule has 9 heteroatoms. The molecule has 3 heterocycles. The Labute approximate surface area is 186 Å². The Morgan fingerprint density at radius 2 is 2.12 bits per heavy atom. The summed E-state index contributed by atoms with van der Waals surface area (Å²) in [6, 6.07) is 6.78. The number of aryl methyl sites for hydroxylation is 2. The number of aromatic amines is 1. The summed E-state index contributed by atoms with van der Waals surface area (Å²) in [6.07, 6.45) is 3.28. The zero-order chi connectivity index (χ0) is 22.8. The summed E-state index contributed by atoms with van der Waals surface area (Å²) in [5.41, 5.74) is 5.73. The number of aliphatic hydroxyl groups excluding tert-OH is 1. The van der Waals surface area contributed by atoms with Crippen molar-refractivity contribution < 1.29 is 14.6 Å². The highest BCUT2D eigenvalue weighted by Crippen LogP contribution is 2.30. The number of hydrogen-bond donors (Lipinski definition) is 3. The fraction of sp³-hybridized carbons (Fsp3) is 0.348. The number of rotatable bonds is 5. The predicted octanol–water partition coefficient (Wildman–Crippen LogP) is 3.11. The van der Waals surface area contributed by atoms with Crippen molar-refractivity contribution in [2.45, 2.75) is 26.7 Å². The SMILES string of the molecule is Cc1[nH]c2ncnc(C3=CCN(C(=O)Nc4cccc(OC(O)N(C)C)c4)CC3)c2c1C. The van der Waals surface area contributed by atoms with Gasteiger partial charge in [0.05, 0.1) is 5.69 Å².